The summed E-state index contributed by atoms with van der Waals surface area (Å²) in [5, 5.41) is 0. The van der Waals surface area contributed by atoms with Crippen LogP contribution in [0.25, 0.3) is 22.3 Å². The molecule has 55 heavy (non-hydrogen) atoms. The van der Waals surface area contributed by atoms with Gasteiger partial charge in [-0.2, -0.15) is 4.58 Å². The Morgan fingerprint density at radius 3 is 1.78 bits per heavy atom. The van der Waals surface area contributed by atoms with Gasteiger partial charge in [0.25, 0.3) is 0 Å². The molecule has 4 aromatic rings. The lowest BCUT2D eigenvalue weighted by atomic mass is 9.81. The number of hydrogen-bond donors (Lipinski definition) is 0. The van der Waals surface area contributed by atoms with Crippen LogP contribution in [0.4, 0.5) is 11.4 Å². The fourth-order valence-electron chi connectivity index (χ4n) is 7.93. The maximum absolute atomic E-state index is 11.4. The van der Waals surface area contributed by atoms with Crippen LogP contribution >= 0.6 is 0 Å². The number of fused-ring (bicyclic) bond motifs is 2. The lowest BCUT2D eigenvalue weighted by Gasteiger charge is -2.27. The third kappa shape index (κ3) is 9.27. The van der Waals surface area contributed by atoms with Crippen LogP contribution in [0, 0.1) is 0 Å². The summed E-state index contributed by atoms with van der Waals surface area (Å²) in [5.41, 5.74) is 10.4. The first-order valence-corrected chi connectivity index (χ1v) is 22.0. The highest BCUT2D eigenvalue weighted by molar-refractivity contribution is 7.85. The first-order chi connectivity index (χ1) is 26.1. The Labute approximate surface area is 326 Å². The average molecular weight is 778 g/mol. The van der Waals surface area contributed by atoms with Crippen molar-refractivity contribution in [1.29, 1.82) is 0 Å². The molecule has 10 heteroatoms. The summed E-state index contributed by atoms with van der Waals surface area (Å²) in [6.07, 6.45) is 12.0. The summed E-state index contributed by atoms with van der Waals surface area (Å²) in [6, 6.07) is 33.4. The Bertz CT molecular complexity index is 2380. The number of anilines is 1. The molecule has 2 aliphatic rings. The number of hydrogen-bond acceptors (Lipinski definition) is 7. The van der Waals surface area contributed by atoms with Crippen molar-refractivity contribution in [2.75, 3.05) is 29.5 Å². The molecule has 8 nitrogen and oxygen atoms in total. The third-order valence-corrected chi connectivity index (χ3v) is 12.4. The SMILES string of the molecule is CC1(C)C(=CC=CC=CC2=[N+](CCCCS(=O)(=O)[O-])c3cc(-c4ccccc4)ccc3C2(C)C)N(CCCCS(=O)(=O)[O-])c2cc(-c3ccccc3)ccc21. The predicted octanol–water partition coefficient (Wildman–Crippen LogP) is 8.84. The van der Waals surface area contributed by atoms with Crippen LogP contribution in [-0.2, 0) is 31.1 Å². The van der Waals surface area contributed by atoms with E-state index >= 15 is 0 Å². The Morgan fingerprint density at radius 2 is 1.18 bits per heavy atom. The van der Waals surface area contributed by atoms with Gasteiger partial charge in [0.1, 0.15) is 6.54 Å². The van der Waals surface area contributed by atoms with E-state index in [0.717, 1.165) is 45.0 Å². The van der Waals surface area contributed by atoms with Crippen molar-refractivity contribution in [3.8, 4) is 22.3 Å². The zero-order chi connectivity index (χ0) is 39.4. The molecule has 0 saturated carbocycles. The minimum Gasteiger partial charge on any atom is -0.748 e. The Hall–Kier alpha value is -4.61. The first-order valence-electron chi connectivity index (χ1n) is 18.8. The molecule has 0 saturated heterocycles. The van der Waals surface area contributed by atoms with Crippen molar-refractivity contribution in [1.82, 2.24) is 0 Å². The molecule has 288 valence electrons. The van der Waals surface area contributed by atoms with Gasteiger partial charge in [-0.05, 0) is 73.1 Å². The molecule has 0 N–H and O–H groups in total. The monoisotopic (exact) mass is 777 g/mol. The van der Waals surface area contributed by atoms with Crippen molar-refractivity contribution in [3.05, 3.63) is 144 Å². The molecular formula is C45H49N2O6S2-. The van der Waals surface area contributed by atoms with E-state index in [1.54, 1.807) is 0 Å². The largest absolute Gasteiger partial charge is 0.748 e. The van der Waals surface area contributed by atoms with Crippen molar-refractivity contribution >= 4 is 37.3 Å². The summed E-state index contributed by atoms with van der Waals surface area (Å²) in [5.74, 6) is -0.765. The molecule has 0 spiro atoms. The lowest BCUT2D eigenvalue weighted by Crippen LogP contribution is -2.28. The van der Waals surface area contributed by atoms with Gasteiger partial charge in [0.2, 0.25) is 5.69 Å². The molecule has 0 atom stereocenters. The summed E-state index contributed by atoms with van der Waals surface area (Å²) >= 11 is 0. The third-order valence-electron chi connectivity index (χ3n) is 10.8. The highest BCUT2D eigenvalue weighted by Crippen LogP contribution is 2.49. The minimum absolute atomic E-state index is 0.287. The van der Waals surface area contributed by atoms with Crippen molar-refractivity contribution in [3.63, 3.8) is 0 Å². The van der Waals surface area contributed by atoms with Crippen LogP contribution in [0.3, 0.4) is 0 Å². The quantitative estimate of drug-likeness (QED) is 0.0512. The maximum Gasteiger partial charge on any atom is 0.210 e. The number of nitrogens with zero attached hydrogens (tertiary/aromatic N) is 2. The Balaban J connectivity index is 1.31. The van der Waals surface area contributed by atoms with E-state index < -0.39 is 20.2 Å². The molecule has 0 radical (unpaired) electrons. The Kier molecular flexibility index (Phi) is 11.8. The van der Waals surface area contributed by atoms with E-state index in [4.69, 9.17) is 0 Å². The van der Waals surface area contributed by atoms with E-state index in [1.165, 1.54) is 11.1 Å². The highest BCUT2D eigenvalue weighted by atomic mass is 32.2. The first kappa shape index (κ1) is 40.1. The van der Waals surface area contributed by atoms with E-state index in [-0.39, 0.29) is 35.2 Å². The second-order valence-electron chi connectivity index (χ2n) is 15.4. The van der Waals surface area contributed by atoms with Gasteiger partial charge in [0.15, 0.2) is 5.71 Å². The van der Waals surface area contributed by atoms with Gasteiger partial charge in [0, 0.05) is 59.0 Å². The van der Waals surface area contributed by atoms with Gasteiger partial charge < -0.3 is 14.0 Å². The minimum atomic E-state index is -4.29. The number of benzene rings is 4. The maximum atomic E-state index is 11.4. The van der Waals surface area contributed by atoms with Crippen LogP contribution in [0.2, 0.25) is 0 Å². The zero-order valence-electron chi connectivity index (χ0n) is 31.9. The molecule has 0 fully saturated rings. The molecule has 0 aromatic heterocycles. The summed E-state index contributed by atoms with van der Waals surface area (Å²) in [7, 11) is -8.58. The van der Waals surface area contributed by atoms with Crippen LogP contribution in [0.1, 0.15) is 64.5 Å². The van der Waals surface area contributed by atoms with Gasteiger partial charge in [-0.1, -0.05) is 117 Å². The summed E-state index contributed by atoms with van der Waals surface area (Å²) in [4.78, 5) is 2.26. The van der Waals surface area contributed by atoms with Crippen molar-refractivity contribution < 1.29 is 30.5 Å². The van der Waals surface area contributed by atoms with Gasteiger partial charge >= 0.3 is 0 Å². The van der Waals surface area contributed by atoms with E-state index in [1.807, 2.05) is 54.6 Å². The number of allylic oxidation sites excluding steroid dienone is 6. The van der Waals surface area contributed by atoms with E-state index in [2.05, 4.69) is 110 Å². The molecule has 2 aliphatic heterocycles. The van der Waals surface area contributed by atoms with Crippen LogP contribution in [0.5, 0.6) is 0 Å². The van der Waals surface area contributed by atoms with Crippen LogP contribution in [-0.4, -0.2) is 60.8 Å². The summed E-state index contributed by atoms with van der Waals surface area (Å²) < 4.78 is 70.4. The molecule has 4 aromatic carbocycles. The zero-order valence-corrected chi connectivity index (χ0v) is 33.6. The van der Waals surface area contributed by atoms with E-state index in [0.29, 0.717) is 25.9 Å². The number of unbranched alkanes of at least 4 members (excludes halogenated alkanes) is 2. The summed E-state index contributed by atoms with van der Waals surface area (Å²) in [6.45, 7) is 9.91. The molecular weight excluding hydrogens is 729 g/mol. The van der Waals surface area contributed by atoms with Crippen LogP contribution < -0.4 is 4.90 Å². The predicted molar refractivity (Wildman–Crippen MR) is 221 cm³/mol. The molecule has 2 heterocycles. The van der Waals surface area contributed by atoms with Gasteiger partial charge in [-0.25, -0.2) is 16.8 Å². The fourth-order valence-corrected chi connectivity index (χ4v) is 9.05. The second-order valence-corrected chi connectivity index (χ2v) is 18.4. The van der Waals surface area contributed by atoms with E-state index in [9.17, 15) is 25.9 Å². The molecule has 0 aliphatic carbocycles. The van der Waals surface area contributed by atoms with Gasteiger partial charge in [-0.3, -0.25) is 0 Å². The normalized spacial score (nSPS) is 17.1. The Morgan fingerprint density at radius 1 is 0.618 bits per heavy atom. The van der Waals surface area contributed by atoms with Crippen LogP contribution in [0.15, 0.2) is 133 Å². The second kappa shape index (κ2) is 16.2. The number of rotatable bonds is 15. The smallest absolute Gasteiger partial charge is 0.210 e. The standard InChI is InChI=1S/C45H50N2O6S2/c1-44(2)38-26-24-36(34-18-8-5-9-19-34)32-40(38)46(28-14-16-30-54(48,49)50)42(44)22-12-7-13-23-43-45(3,4)39-27-25-37(35-20-10-6-11-21-35)33-41(39)47(43)29-15-17-31-55(51,52)53/h5-13,18-27,32-33H,14-17,28-31H2,1-4H3,(H-,48,49,50,51,52,53)/p-1. The van der Waals surface area contributed by atoms with Gasteiger partial charge in [0.05, 0.1) is 25.7 Å². The average Bonchev–Trinajstić information content (AvgIpc) is 3.49. The molecule has 0 amide bonds. The van der Waals surface area contributed by atoms with Gasteiger partial charge in [-0.15, -0.1) is 0 Å². The highest BCUT2D eigenvalue weighted by Gasteiger charge is 2.44. The fraction of sp³-hybridized carbons (Fsp3) is 0.311. The van der Waals surface area contributed by atoms with Crippen molar-refractivity contribution in [2.24, 2.45) is 0 Å². The van der Waals surface area contributed by atoms with Crippen molar-refractivity contribution in [2.45, 2.75) is 64.2 Å². The molecule has 0 unspecified atom stereocenters. The molecule has 0 bridgehead atoms. The lowest BCUT2D eigenvalue weighted by molar-refractivity contribution is -0.438. The molecule has 6 rings (SSSR count). The topological polar surface area (TPSA) is 121 Å².